The molecule has 0 bridgehead atoms. The predicted molar refractivity (Wildman–Crippen MR) is 75.1 cm³/mol. The number of nitrogens with one attached hydrogen (secondary N) is 1. The van der Waals surface area contributed by atoms with Gasteiger partial charge in [0.1, 0.15) is 0 Å². The first-order valence-electron chi connectivity index (χ1n) is 6.75. The van der Waals surface area contributed by atoms with Crippen LogP contribution in [0.15, 0.2) is 0 Å². The van der Waals surface area contributed by atoms with Gasteiger partial charge < -0.3 is 5.32 Å². The quantitative estimate of drug-likeness (QED) is 0.732. The fraction of sp³-hybridized carbons (Fsp3) is 1.00. The van der Waals surface area contributed by atoms with Gasteiger partial charge in [-0.15, -0.1) is 0 Å². The summed E-state index contributed by atoms with van der Waals surface area (Å²) in [5, 5.41) is 2.76. The van der Waals surface area contributed by atoms with E-state index in [4.69, 9.17) is 0 Å². The molecule has 0 amide bonds. The number of sulfone groups is 1. The smallest absolute Gasteiger partial charge is 0.157 e. The molecular formula is C13H29NO2S. The zero-order valence-corrected chi connectivity index (χ0v) is 13.0. The van der Waals surface area contributed by atoms with Gasteiger partial charge >= 0.3 is 0 Å². The van der Waals surface area contributed by atoms with Crippen LogP contribution in [0.5, 0.6) is 0 Å². The third-order valence-electron chi connectivity index (χ3n) is 3.64. The molecule has 0 spiro atoms. The van der Waals surface area contributed by atoms with Crippen molar-refractivity contribution in [3.8, 4) is 0 Å². The second-order valence-corrected chi connectivity index (χ2v) is 7.88. The average Bonchev–Trinajstić information content (AvgIpc) is 2.28. The number of rotatable bonds is 8. The predicted octanol–water partition coefficient (Wildman–Crippen LogP) is 2.61. The van der Waals surface area contributed by atoms with Crippen molar-refractivity contribution in [1.29, 1.82) is 0 Å². The van der Waals surface area contributed by atoms with Gasteiger partial charge in [0, 0.05) is 6.04 Å². The van der Waals surface area contributed by atoms with E-state index in [1.165, 1.54) is 0 Å². The molecule has 3 nitrogen and oxygen atoms in total. The highest BCUT2D eigenvalue weighted by molar-refractivity contribution is 7.92. The van der Waals surface area contributed by atoms with Gasteiger partial charge in [-0.05, 0) is 39.2 Å². The van der Waals surface area contributed by atoms with Crippen molar-refractivity contribution in [2.45, 2.75) is 70.9 Å². The summed E-state index contributed by atoms with van der Waals surface area (Å²) in [4.78, 5) is 0. The maximum absolute atomic E-state index is 12.4. The second kappa shape index (κ2) is 7.37. The largest absolute Gasteiger partial charge is 0.313 e. The molecule has 3 atom stereocenters. The summed E-state index contributed by atoms with van der Waals surface area (Å²) < 4.78 is 24.8. The molecule has 104 valence electrons. The van der Waals surface area contributed by atoms with E-state index in [-0.39, 0.29) is 22.5 Å². The lowest BCUT2D eigenvalue weighted by Crippen LogP contribution is -2.46. The van der Waals surface area contributed by atoms with Crippen molar-refractivity contribution in [3.05, 3.63) is 0 Å². The molecule has 3 unspecified atom stereocenters. The van der Waals surface area contributed by atoms with Crippen LogP contribution in [-0.2, 0) is 9.84 Å². The van der Waals surface area contributed by atoms with Gasteiger partial charge in [0.25, 0.3) is 0 Å². The SMILES string of the molecule is CCCNC(CC)C(C)S(=O)(=O)C(C)C(C)C. The third kappa shape index (κ3) is 4.59. The summed E-state index contributed by atoms with van der Waals surface area (Å²) in [5.74, 6) is 0.172. The Balaban J connectivity index is 4.80. The van der Waals surface area contributed by atoms with Crippen molar-refractivity contribution < 1.29 is 8.42 Å². The Morgan fingerprint density at radius 2 is 1.53 bits per heavy atom. The third-order valence-corrected chi connectivity index (χ3v) is 6.58. The van der Waals surface area contributed by atoms with E-state index >= 15 is 0 Å². The minimum atomic E-state index is -3.04. The molecule has 0 aromatic rings. The first-order chi connectivity index (χ1) is 7.78. The van der Waals surface area contributed by atoms with E-state index in [1.807, 2.05) is 34.6 Å². The molecule has 0 aliphatic carbocycles. The molecule has 1 N–H and O–H groups in total. The molecule has 0 rings (SSSR count). The Kier molecular flexibility index (Phi) is 7.33. The highest BCUT2D eigenvalue weighted by Crippen LogP contribution is 2.20. The summed E-state index contributed by atoms with van der Waals surface area (Å²) in [7, 11) is -3.04. The molecule has 0 fully saturated rings. The fourth-order valence-corrected chi connectivity index (χ4v) is 4.10. The van der Waals surface area contributed by atoms with Crippen LogP contribution in [-0.4, -0.2) is 31.5 Å². The van der Waals surface area contributed by atoms with Crippen LogP contribution in [0.2, 0.25) is 0 Å². The van der Waals surface area contributed by atoms with Crippen LogP contribution in [0, 0.1) is 5.92 Å². The lowest BCUT2D eigenvalue weighted by molar-refractivity contribution is 0.461. The standard InChI is InChI=1S/C13H29NO2S/c1-7-9-14-13(8-2)12(6)17(15,16)11(5)10(3)4/h10-14H,7-9H2,1-6H3. The number of hydrogen-bond acceptors (Lipinski definition) is 3. The van der Waals surface area contributed by atoms with Gasteiger partial charge in [-0.3, -0.25) is 0 Å². The molecule has 0 heterocycles. The summed E-state index contributed by atoms with van der Waals surface area (Å²) in [6.07, 6.45) is 1.88. The first kappa shape index (κ1) is 16.9. The highest BCUT2D eigenvalue weighted by Gasteiger charge is 2.33. The average molecular weight is 263 g/mol. The van der Waals surface area contributed by atoms with Crippen molar-refractivity contribution in [3.63, 3.8) is 0 Å². The van der Waals surface area contributed by atoms with Crippen LogP contribution in [0.3, 0.4) is 0 Å². The van der Waals surface area contributed by atoms with E-state index in [0.29, 0.717) is 0 Å². The van der Waals surface area contributed by atoms with Crippen LogP contribution in [0.1, 0.15) is 54.4 Å². The Hall–Kier alpha value is -0.0900. The van der Waals surface area contributed by atoms with Crippen molar-refractivity contribution in [2.24, 2.45) is 5.92 Å². The lowest BCUT2D eigenvalue weighted by Gasteiger charge is -2.28. The number of hydrogen-bond donors (Lipinski definition) is 1. The van der Waals surface area contributed by atoms with Gasteiger partial charge in [0.05, 0.1) is 10.5 Å². The van der Waals surface area contributed by atoms with Crippen LogP contribution < -0.4 is 5.32 Å². The summed E-state index contributed by atoms with van der Waals surface area (Å²) in [6, 6.07) is 0.0705. The van der Waals surface area contributed by atoms with E-state index in [2.05, 4.69) is 12.2 Å². The van der Waals surface area contributed by atoms with Gasteiger partial charge in [-0.25, -0.2) is 8.42 Å². The Morgan fingerprint density at radius 3 is 1.88 bits per heavy atom. The van der Waals surface area contributed by atoms with E-state index in [0.717, 1.165) is 19.4 Å². The monoisotopic (exact) mass is 263 g/mol. The van der Waals surface area contributed by atoms with Crippen LogP contribution in [0.4, 0.5) is 0 Å². The second-order valence-electron chi connectivity index (χ2n) is 5.21. The van der Waals surface area contributed by atoms with Gasteiger partial charge in [-0.2, -0.15) is 0 Å². The fourth-order valence-electron chi connectivity index (χ4n) is 1.92. The molecule has 4 heteroatoms. The van der Waals surface area contributed by atoms with Gasteiger partial charge in [0.15, 0.2) is 9.84 Å². The first-order valence-corrected chi connectivity index (χ1v) is 8.35. The zero-order valence-electron chi connectivity index (χ0n) is 12.2. The van der Waals surface area contributed by atoms with Crippen molar-refractivity contribution in [1.82, 2.24) is 5.32 Å². The van der Waals surface area contributed by atoms with Crippen molar-refractivity contribution in [2.75, 3.05) is 6.54 Å². The zero-order chi connectivity index (χ0) is 13.6. The Bertz CT molecular complexity index is 299. The molecular weight excluding hydrogens is 234 g/mol. The highest BCUT2D eigenvalue weighted by atomic mass is 32.2. The van der Waals surface area contributed by atoms with E-state index in [9.17, 15) is 8.42 Å². The molecule has 0 saturated heterocycles. The van der Waals surface area contributed by atoms with Crippen LogP contribution in [0.25, 0.3) is 0 Å². The lowest BCUT2D eigenvalue weighted by atomic mass is 10.1. The van der Waals surface area contributed by atoms with Crippen LogP contribution >= 0.6 is 0 Å². The molecule has 0 aliphatic heterocycles. The summed E-state index contributed by atoms with van der Waals surface area (Å²) in [5.41, 5.74) is 0. The molecule has 0 aromatic heterocycles. The van der Waals surface area contributed by atoms with E-state index in [1.54, 1.807) is 0 Å². The molecule has 0 saturated carbocycles. The maximum atomic E-state index is 12.4. The molecule has 0 aromatic carbocycles. The summed E-state index contributed by atoms with van der Waals surface area (Å²) in [6.45, 7) is 12.6. The summed E-state index contributed by atoms with van der Waals surface area (Å²) >= 11 is 0. The topological polar surface area (TPSA) is 46.2 Å². The molecule has 0 aliphatic rings. The minimum absolute atomic E-state index is 0.0705. The maximum Gasteiger partial charge on any atom is 0.157 e. The Morgan fingerprint density at radius 1 is 1.00 bits per heavy atom. The molecule has 17 heavy (non-hydrogen) atoms. The minimum Gasteiger partial charge on any atom is -0.313 e. The van der Waals surface area contributed by atoms with E-state index < -0.39 is 9.84 Å². The molecule has 0 radical (unpaired) electrons. The Labute approximate surface area is 107 Å². The van der Waals surface area contributed by atoms with Gasteiger partial charge in [0.2, 0.25) is 0 Å². The van der Waals surface area contributed by atoms with Crippen molar-refractivity contribution >= 4 is 9.84 Å². The van der Waals surface area contributed by atoms with Gasteiger partial charge in [-0.1, -0.05) is 27.7 Å². The normalized spacial score (nSPS) is 18.1.